The van der Waals surface area contributed by atoms with Crippen LogP contribution in [0.5, 0.6) is 0 Å². The molecule has 4 unspecified atom stereocenters. The summed E-state index contributed by atoms with van der Waals surface area (Å²) in [6, 6.07) is 0. The number of rotatable bonds is 7. The zero-order valence-corrected chi connectivity index (χ0v) is 24.0. The Morgan fingerprint density at radius 2 is 1.81 bits per heavy atom. The molecule has 1 saturated heterocycles. The van der Waals surface area contributed by atoms with Crippen LogP contribution in [0.2, 0.25) is 0 Å². The molecule has 4 rings (SSSR count). The van der Waals surface area contributed by atoms with Crippen molar-refractivity contribution in [1.29, 1.82) is 0 Å². The molecule has 10 heteroatoms. The number of ketones is 1. The van der Waals surface area contributed by atoms with Gasteiger partial charge in [0, 0.05) is 17.5 Å². The fraction of sp³-hybridized carbons (Fsp3) is 0.778. The molecule has 3 fully saturated rings. The van der Waals surface area contributed by atoms with E-state index < -0.39 is 43.3 Å². The number of allylic oxidation sites excluding steroid dienone is 4. The van der Waals surface area contributed by atoms with Crippen molar-refractivity contribution < 1.29 is 37.3 Å². The van der Waals surface area contributed by atoms with E-state index in [2.05, 4.69) is 12.7 Å². The summed E-state index contributed by atoms with van der Waals surface area (Å²) in [7, 11) is -0.559. The Balaban J connectivity index is 0.000000339. The first kappa shape index (κ1) is 32.0. The van der Waals surface area contributed by atoms with Gasteiger partial charge in [-0.05, 0) is 84.4 Å². The van der Waals surface area contributed by atoms with Crippen LogP contribution >= 0.6 is 8.38 Å². The molecule has 0 spiro atoms. The first-order valence-electron chi connectivity index (χ1n) is 13.1. The number of carbonyl (C=O) groups is 2. The van der Waals surface area contributed by atoms with Crippen molar-refractivity contribution in [3.8, 4) is 0 Å². The Morgan fingerprint density at radius 1 is 1.24 bits per heavy atom. The third kappa shape index (κ3) is 5.72. The number of primary amides is 1. The van der Waals surface area contributed by atoms with Gasteiger partial charge in [-0.3, -0.25) is 9.59 Å². The second-order valence-electron chi connectivity index (χ2n) is 10.5. The van der Waals surface area contributed by atoms with Gasteiger partial charge in [-0.2, -0.15) is 0 Å². The SMILES string of the molecule is CC(O)[C@@]1(F)C([C@@H]2CC[C@@]3(C)OC23C)C[C@H](F)C2=CC(=O)C=CC21C.CCOP(CC)OCC.NC=O. The third-order valence-electron chi connectivity index (χ3n) is 8.60. The van der Waals surface area contributed by atoms with E-state index in [1.54, 1.807) is 6.92 Å². The Bertz CT molecular complexity index is 877. The maximum Gasteiger partial charge on any atom is 0.204 e. The summed E-state index contributed by atoms with van der Waals surface area (Å²) < 4.78 is 48.2. The normalized spacial score (nSPS) is 40.4. The van der Waals surface area contributed by atoms with Crippen LogP contribution in [0.1, 0.15) is 67.7 Å². The number of aliphatic hydroxyl groups is 1. The van der Waals surface area contributed by atoms with Crippen molar-refractivity contribution in [1.82, 2.24) is 0 Å². The first-order valence-corrected chi connectivity index (χ1v) is 14.5. The monoisotopic (exact) mass is 547 g/mol. The number of carbonyl (C=O) groups excluding carboxylic acids is 2. The second kappa shape index (κ2) is 12.3. The predicted molar refractivity (Wildman–Crippen MR) is 140 cm³/mol. The van der Waals surface area contributed by atoms with Gasteiger partial charge in [-0.15, -0.1) is 0 Å². The molecule has 2 saturated carbocycles. The van der Waals surface area contributed by atoms with E-state index in [1.165, 1.54) is 25.2 Å². The molecule has 0 aromatic heterocycles. The molecule has 37 heavy (non-hydrogen) atoms. The highest BCUT2D eigenvalue weighted by atomic mass is 31.2. The number of aliphatic hydroxyl groups excluding tert-OH is 1. The van der Waals surface area contributed by atoms with Crippen molar-refractivity contribution in [2.45, 2.75) is 96.9 Å². The van der Waals surface area contributed by atoms with E-state index in [0.717, 1.165) is 32.2 Å². The van der Waals surface area contributed by atoms with Crippen molar-refractivity contribution in [3.05, 3.63) is 23.8 Å². The lowest BCUT2D eigenvalue weighted by molar-refractivity contribution is -0.145. The molecule has 8 atom stereocenters. The summed E-state index contributed by atoms with van der Waals surface area (Å²) in [6.07, 6.45) is 4.10. The average molecular weight is 548 g/mol. The maximum absolute atomic E-state index is 16.6. The zero-order valence-electron chi connectivity index (χ0n) is 23.1. The summed E-state index contributed by atoms with van der Waals surface area (Å²) in [5, 5.41) is 10.5. The maximum atomic E-state index is 16.6. The van der Waals surface area contributed by atoms with Crippen LogP contribution < -0.4 is 5.73 Å². The van der Waals surface area contributed by atoms with E-state index in [9.17, 15) is 9.90 Å². The van der Waals surface area contributed by atoms with E-state index >= 15 is 8.78 Å². The standard InChI is InChI=1S/C20H26F2O3.C6H15O2P.CH3NO/c1-11(23)20(22)14(13-6-8-18(3)19(13,4)25-18)10-16(21)15-9-12(24)5-7-17(15,20)2;1-4-7-9(6-3)8-5-2;2-1-3/h5,7,9,11,13-14,16,23H,6,8,10H2,1-4H3;4-6H2,1-3H3;1H,(H2,2,3)/t11?,13-,14?,16-,17?,18+,19?,20+;;/m0../s1. The molecule has 4 aliphatic rings. The molecule has 3 aliphatic carbocycles. The minimum absolute atomic E-state index is 0.0242. The summed E-state index contributed by atoms with van der Waals surface area (Å²) in [5.74, 6) is -1.15. The van der Waals surface area contributed by atoms with E-state index in [-0.39, 0.29) is 35.7 Å². The average Bonchev–Trinajstić information content (AvgIpc) is 3.30. The van der Waals surface area contributed by atoms with Gasteiger partial charge in [0.15, 0.2) is 19.8 Å². The highest BCUT2D eigenvalue weighted by Gasteiger charge is 2.76. The lowest BCUT2D eigenvalue weighted by atomic mass is 9.51. The largest absolute Gasteiger partial charge is 0.390 e. The van der Waals surface area contributed by atoms with Crippen LogP contribution in [0.4, 0.5) is 8.78 Å². The molecular weight excluding hydrogens is 503 g/mol. The van der Waals surface area contributed by atoms with Gasteiger partial charge >= 0.3 is 0 Å². The number of alkyl halides is 2. The number of epoxide rings is 1. The minimum Gasteiger partial charge on any atom is -0.390 e. The number of fused-ring (bicyclic) bond motifs is 2. The lowest BCUT2D eigenvalue weighted by Crippen LogP contribution is -2.63. The topological polar surface area (TPSA) is 111 Å². The van der Waals surface area contributed by atoms with E-state index in [0.29, 0.717) is 0 Å². The van der Waals surface area contributed by atoms with Gasteiger partial charge in [0.2, 0.25) is 6.41 Å². The number of amides is 1. The van der Waals surface area contributed by atoms with Gasteiger partial charge in [0.25, 0.3) is 0 Å². The fourth-order valence-electron chi connectivity index (χ4n) is 6.58. The number of ether oxygens (including phenoxy) is 1. The van der Waals surface area contributed by atoms with Crippen LogP contribution in [0, 0.1) is 17.3 Å². The Kier molecular flexibility index (Phi) is 10.6. The summed E-state index contributed by atoms with van der Waals surface area (Å²) in [5.41, 5.74) is 0.209. The number of nitrogens with two attached hydrogens (primary N) is 1. The van der Waals surface area contributed by atoms with Crippen LogP contribution in [-0.2, 0) is 23.4 Å². The highest BCUT2D eigenvalue weighted by Crippen LogP contribution is 2.69. The number of halogens is 2. The molecule has 7 nitrogen and oxygen atoms in total. The quantitative estimate of drug-likeness (QED) is 0.265. The molecule has 3 N–H and O–H groups in total. The smallest absolute Gasteiger partial charge is 0.204 e. The molecule has 1 aliphatic heterocycles. The van der Waals surface area contributed by atoms with Gasteiger partial charge < -0.3 is 24.6 Å². The number of hydrogen-bond acceptors (Lipinski definition) is 6. The highest BCUT2D eigenvalue weighted by molar-refractivity contribution is 7.47. The van der Waals surface area contributed by atoms with E-state index in [4.69, 9.17) is 18.6 Å². The molecule has 0 aromatic rings. The molecule has 212 valence electrons. The van der Waals surface area contributed by atoms with Gasteiger partial charge in [0.05, 0.1) is 30.5 Å². The summed E-state index contributed by atoms with van der Waals surface area (Å²) >= 11 is 0. The summed E-state index contributed by atoms with van der Waals surface area (Å²) in [6.45, 7) is 14.6. The van der Waals surface area contributed by atoms with Gasteiger partial charge in [0.1, 0.15) is 6.17 Å². The lowest BCUT2D eigenvalue weighted by Gasteiger charge is -2.56. The Morgan fingerprint density at radius 3 is 2.22 bits per heavy atom. The minimum atomic E-state index is -2.05. The second-order valence-corrected chi connectivity index (χ2v) is 12.3. The molecule has 1 heterocycles. The fourth-order valence-corrected chi connectivity index (χ4v) is 7.59. The van der Waals surface area contributed by atoms with Crippen LogP contribution in [0.15, 0.2) is 23.8 Å². The third-order valence-corrected chi connectivity index (χ3v) is 10.2. The van der Waals surface area contributed by atoms with Crippen molar-refractivity contribution in [2.24, 2.45) is 23.0 Å². The van der Waals surface area contributed by atoms with Crippen molar-refractivity contribution in [2.75, 3.05) is 19.4 Å². The summed E-state index contributed by atoms with van der Waals surface area (Å²) in [4.78, 5) is 20.3. The van der Waals surface area contributed by atoms with Crippen molar-refractivity contribution >= 4 is 20.6 Å². The van der Waals surface area contributed by atoms with Gasteiger partial charge in [-0.25, -0.2) is 8.78 Å². The van der Waals surface area contributed by atoms with Crippen LogP contribution in [0.25, 0.3) is 0 Å². The number of hydrogen-bond donors (Lipinski definition) is 2. The Labute approximate surface area is 221 Å². The van der Waals surface area contributed by atoms with Crippen LogP contribution in [0.3, 0.4) is 0 Å². The zero-order chi connectivity index (χ0) is 28.2. The van der Waals surface area contributed by atoms with Gasteiger partial charge in [-0.1, -0.05) is 13.0 Å². The predicted octanol–water partition coefficient (Wildman–Crippen LogP) is 4.96. The van der Waals surface area contributed by atoms with E-state index in [1.807, 2.05) is 27.7 Å². The molecular formula is C27H44F2NO6P. The molecule has 0 bridgehead atoms. The Hall–Kier alpha value is -1.25. The molecule has 1 amide bonds. The van der Waals surface area contributed by atoms with Crippen molar-refractivity contribution in [3.63, 3.8) is 0 Å². The van der Waals surface area contributed by atoms with Crippen LogP contribution in [-0.4, -0.2) is 65.8 Å². The molecule has 0 radical (unpaired) electrons. The first-order chi connectivity index (χ1) is 17.3. The molecule has 0 aromatic carbocycles.